The van der Waals surface area contributed by atoms with Gasteiger partial charge in [0.25, 0.3) is 0 Å². The molecule has 6 nitrogen and oxygen atoms in total. The number of anilines is 2. The maximum Gasteiger partial charge on any atom is 0.146 e. The summed E-state index contributed by atoms with van der Waals surface area (Å²) in [6, 6.07) is 10.9. The molecule has 3 aromatic heterocycles. The highest BCUT2D eigenvalue weighted by Crippen LogP contribution is 2.33. The number of fused-ring (bicyclic) bond motifs is 1. The summed E-state index contributed by atoms with van der Waals surface area (Å²) in [6.07, 6.45) is 3.20. The van der Waals surface area contributed by atoms with E-state index in [0.717, 1.165) is 28.1 Å². The van der Waals surface area contributed by atoms with E-state index in [1.807, 2.05) is 24.3 Å². The summed E-state index contributed by atoms with van der Waals surface area (Å²) in [4.78, 5) is 8.86. The van der Waals surface area contributed by atoms with Crippen LogP contribution in [0.4, 0.5) is 11.5 Å². The number of nitrogens with one attached hydrogen (secondary N) is 1. The van der Waals surface area contributed by atoms with Gasteiger partial charge in [-0.05, 0) is 43.7 Å². The fourth-order valence-corrected chi connectivity index (χ4v) is 3.02. The molecule has 0 fully saturated rings. The van der Waals surface area contributed by atoms with Gasteiger partial charge in [-0.25, -0.2) is 9.97 Å². The van der Waals surface area contributed by atoms with Crippen LogP contribution in [0.25, 0.3) is 11.0 Å². The fraction of sp³-hybridized carbons (Fsp3) is 0.158. The molecule has 25 heavy (non-hydrogen) atoms. The Hall–Kier alpha value is -3.28. The van der Waals surface area contributed by atoms with Crippen LogP contribution in [-0.4, -0.2) is 19.6 Å². The van der Waals surface area contributed by atoms with Crippen molar-refractivity contribution in [2.45, 2.75) is 20.4 Å². The molecule has 4 rings (SSSR count). The lowest BCUT2D eigenvalue weighted by Crippen LogP contribution is -2.02. The number of phenolic OH excluding ortho intramolecular Hbond substituents is 1. The second kappa shape index (κ2) is 5.98. The van der Waals surface area contributed by atoms with E-state index < -0.39 is 0 Å². The first-order valence-electron chi connectivity index (χ1n) is 8.03. The first-order valence-corrected chi connectivity index (χ1v) is 8.03. The van der Waals surface area contributed by atoms with E-state index in [0.29, 0.717) is 18.1 Å². The summed E-state index contributed by atoms with van der Waals surface area (Å²) >= 11 is 0. The third-order valence-electron chi connectivity index (χ3n) is 4.46. The van der Waals surface area contributed by atoms with E-state index in [1.54, 1.807) is 18.4 Å². The Labute approximate surface area is 144 Å². The number of aryl methyl sites for hydroxylation is 1. The Morgan fingerprint density at radius 2 is 1.96 bits per heavy atom. The van der Waals surface area contributed by atoms with Crippen molar-refractivity contribution in [1.29, 1.82) is 0 Å². The second-order valence-electron chi connectivity index (χ2n) is 5.94. The van der Waals surface area contributed by atoms with Gasteiger partial charge >= 0.3 is 0 Å². The fourth-order valence-electron chi connectivity index (χ4n) is 3.02. The molecule has 0 bridgehead atoms. The molecule has 0 amide bonds. The lowest BCUT2D eigenvalue weighted by Gasteiger charge is -2.09. The largest absolute Gasteiger partial charge is 0.506 e. The third-order valence-corrected chi connectivity index (χ3v) is 4.46. The molecule has 0 aliphatic carbocycles. The van der Waals surface area contributed by atoms with Crippen LogP contribution >= 0.6 is 0 Å². The second-order valence-corrected chi connectivity index (χ2v) is 5.94. The highest BCUT2D eigenvalue weighted by molar-refractivity contribution is 5.93. The van der Waals surface area contributed by atoms with Crippen molar-refractivity contribution in [3.8, 4) is 5.75 Å². The molecule has 0 atom stereocenters. The van der Waals surface area contributed by atoms with Crippen LogP contribution in [0.15, 0.2) is 53.4 Å². The van der Waals surface area contributed by atoms with Crippen molar-refractivity contribution in [3.05, 3.63) is 66.0 Å². The van der Waals surface area contributed by atoms with Crippen molar-refractivity contribution in [3.63, 3.8) is 0 Å². The molecule has 126 valence electrons. The minimum Gasteiger partial charge on any atom is -0.506 e. The predicted octanol–water partition coefficient (Wildman–Crippen LogP) is 4.14. The number of phenols is 1. The van der Waals surface area contributed by atoms with Gasteiger partial charge in [-0.15, -0.1) is 0 Å². The van der Waals surface area contributed by atoms with Gasteiger partial charge in [0.2, 0.25) is 0 Å². The topological polar surface area (TPSA) is 76.1 Å². The molecule has 6 heteroatoms. The number of para-hydroxylation sites is 2. The normalized spacial score (nSPS) is 11.1. The number of furan rings is 1. The number of aromatic nitrogens is 3. The van der Waals surface area contributed by atoms with E-state index in [9.17, 15) is 5.11 Å². The average Bonchev–Trinajstić information content (AvgIpc) is 3.21. The molecule has 0 unspecified atom stereocenters. The number of hydrogen-bond donors (Lipinski definition) is 2. The highest BCUT2D eigenvalue weighted by atomic mass is 16.3. The van der Waals surface area contributed by atoms with Crippen LogP contribution in [0.5, 0.6) is 5.75 Å². The third kappa shape index (κ3) is 2.61. The van der Waals surface area contributed by atoms with Gasteiger partial charge in [0.15, 0.2) is 0 Å². The molecular formula is C19H18N4O2. The summed E-state index contributed by atoms with van der Waals surface area (Å²) in [5.74, 6) is 1.72. The van der Waals surface area contributed by atoms with Crippen LogP contribution in [-0.2, 0) is 6.54 Å². The molecule has 1 aromatic carbocycles. The minimum atomic E-state index is 0.179. The van der Waals surface area contributed by atoms with Crippen molar-refractivity contribution in [2.75, 3.05) is 5.32 Å². The van der Waals surface area contributed by atoms with Gasteiger partial charge in [-0.3, -0.25) is 0 Å². The van der Waals surface area contributed by atoms with Gasteiger partial charge in [0.05, 0.1) is 23.9 Å². The SMILES string of the molecule is Cc1c(C)n(Cc2ccco2)c2ncnc(Nc3ccccc3O)c12. The predicted molar refractivity (Wildman–Crippen MR) is 96.2 cm³/mol. The Kier molecular flexibility index (Phi) is 3.65. The van der Waals surface area contributed by atoms with Crippen molar-refractivity contribution < 1.29 is 9.52 Å². The van der Waals surface area contributed by atoms with E-state index in [1.165, 1.54) is 6.33 Å². The van der Waals surface area contributed by atoms with Crippen LogP contribution in [0.3, 0.4) is 0 Å². The lowest BCUT2D eigenvalue weighted by atomic mass is 10.2. The molecule has 0 aliphatic rings. The maximum absolute atomic E-state index is 10.0. The van der Waals surface area contributed by atoms with Crippen molar-refractivity contribution in [1.82, 2.24) is 14.5 Å². The smallest absolute Gasteiger partial charge is 0.146 e. The molecule has 0 aliphatic heterocycles. The van der Waals surface area contributed by atoms with Crippen molar-refractivity contribution in [2.24, 2.45) is 0 Å². The van der Waals surface area contributed by atoms with Crippen molar-refractivity contribution >= 4 is 22.5 Å². The molecule has 2 N–H and O–H groups in total. The summed E-state index contributed by atoms with van der Waals surface area (Å²) in [5, 5.41) is 14.2. The van der Waals surface area contributed by atoms with Crippen LogP contribution in [0, 0.1) is 13.8 Å². The molecule has 0 saturated carbocycles. The molecule has 3 heterocycles. The number of rotatable bonds is 4. The van der Waals surface area contributed by atoms with Crippen LogP contribution < -0.4 is 5.32 Å². The maximum atomic E-state index is 10.0. The zero-order valence-corrected chi connectivity index (χ0v) is 14.0. The minimum absolute atomic E-state index is 0.179. The van der Waals surface area contributed by atoms with Gasteiger partial charge in [-0.1, -0.05) is 12.1 Å². The monoisotopic (exact) mass is 334 g/mol. The van der Waals surface area contributed by atoms with Gasteiger partial charge in [0.1, 0.15) is 29.3 Å². The van der Waals surface area contributed by atoms with E-state index >= 15 is 0 Å². The summed E-state index contributed by atoms with van der Waals surface area (Å²) in [6.45, 7) is 4.72. The number of hydrogen-bond acceptors (Lipinski definition) is 5. The van der Waals surface area contributed by atoms with Gasteiger partial charge < -0.3 is 19.4 Å². The van der Waals surface area contributed by atoms with Gasteiger partial charge in [0, 0.05) is 5.69 Å². The average molecular weight is 334 g/mol. The zero-order valence-electron chi connectivity index (χ0n) is 14.0. The molecule has 0 radical (unpaired) electrons. The zero-order chi connectivity index (χ0) is 17.4. The lowest BCUT2D eigenvalue weighted by molar-refractivity contribution is 0.477. The molecule has 0 saturated heterocycles. The Bertz CT molecular complexity index is 1040. The molecule has 0 spiro atoms. The van der Waals surface area contributed by atoms with Crippen LogP contribution in [0.1, 0.15) is 17.0 Å². The standard InChI is InChI=1S/C19H18N4O2/c1-12-13(2)23(10-14-6-5-9-25-14)19-17(12)18(20-11-21-19)22-15-7-3-4-8-16(15)24/h3-9,11,24H,10H2,1-2H3,(H,20,21,22). The van der Waals surface area contributed by atoms with E-state index in [2.05, 4.69) is 33.7 Å². The number of nitrogens with zero attached hydrogens (tertiary/aromatic N) is 3. The van der Waals surface area contributed by atoms with E-state index in [4.69, 9.17) is 4.42 Å². The summed E-state index contributed by atoms with van der Waals surface area (Å²) in [5.41, 5.74) is 3.64. The quantitative estimate of drug-likeness (QED) is 0.549. The highest BCUT2D eigenvalue weighted by Gasteiger charge is 2.17. The van der Waals surface area contributed by atoms with Crippen LogP contribution in [0.2, 0.25) is 0 Å². The first-order chi connectivity index (χ1) is 12.1. The summed E-state index contributed by atoms with van der Waals surface area (Å²) < 4.78 is 7.59. The number of aromatic hydroxyl groups is 1. The Morgan fingerprint density at radius 1 is 1.12 bits per heavy atom. The molecular weight excluding hydrogens is 316 g/mol. The Morgan fingerprint density at radius 3 is 2.72 bits per heavy atom. The number of benzene rings is 1. The first kappa shape index (κ1) is 15.3. The summed E-state index contributed by atoms with van der Waals surface area (Å²) in [7, 11) is 0. The molecule has 4 aromatic rings. The van der Waals surface area contributed by atoms with E-state index in [-0.39, 0.29) is 5.75 Å². The Balaban J connectivity index is 1.83. The van der Waals surface area contributed by atoms with Gasteiger partial charge in [-0.2, -0.15) is 0 Å².